The first-order valence-electron chi connectivity index (χ1n) is 10.6. The number of amides is 1. The molecule has 0 spiro atoms. The smallest absolute Gasteiger partial charge is 0.328 e. The maximum atomic E-state index is 13.1. The molecule has 0 unspecified atom stereocenters. The van der Waals surface area contributed by atoms with Crippen LogP contribution in [-0.4, -0.2) is 32.4 Å². The van der Waals surface area contributed by atoms with Crippen LogP contribution in [0.5, 0.6) is 0 Å². The number of nitrogens with zero attached hydrogens (tertiary/aromatic N) is 2. The average molecular weight is 383 g/mol. The minimum absolute atomic E-state index is 0.143. The number of rotatable bonds is 6. The van der Waals surface area contributed by atoms with Gasteiger partial charge in [-0.15, -0.1) is 0 Å². The third-order valence-electron chi connectivity index (χ3n) is 6.47. The van der Waals surface area contributed by atoms with Crippen molar-refractivity contribution in [2.75, 3.05) is 0 Å². The van der Waals surface area contributed by atoms with Crippen LogP contribution in [0.15, 0.2) is 33.9 Å². The van der Waals surface area contributed by atoms with Crippen LogP contribution in [0.4, 0.5) is 0 Å². The predicted molar refractivity (Wildman–Crippen MR) is 109 cm³/mol. The number of carbonyl (C=O) groups is 1. The zero-order valence-electron chi connectivity index (χ0n) is 16.5. The summed E-state index contributed by atoms with van der Waals surface area (Å²) in [5.74, 6) is 0.947. The van der Waals surface area contributed by atoms with Crippen molar-refractivity contribution in [1.82, 2.24) is 14.5 Å². The van der Waals surface area contributed by atoms with Gasteiger partial charge in [-0.3, -0.25) is 19.1 Å². The Balaban J connectivity index is 1.50. The summed E-state index contributed by atoms with van der Waals surface area (Å²) >= 11 is 0. The third-order valence-corrected chi connectivity index (χ3v) is 6.47. The van der Waals surface area contributed by atoms with E-state index in [0.717, 1.165) is 31.6 Å². The van der Waals surface area contributed by atoms with E-state index in [0.29, 0.717) is 36.0 Å². The molecule has 4 rings (SSSR count). The van der Waals surface area contributed by atoms with Gasteiger partial charge in [0.1, 0.15) is 0 Å². The zero-order valence-corrected chi connectivity index (χ0v) is 16.5. The van der Waals surface area contributed by atoms with E-state index in [9.17, 15) is 14.4 Å². The average Bonchev–Trinajstić information content (AvgIpc) is 3.53. The number of para-hydroxylation sites is 1. The van der Waals surface area contributed by atoms with Gasteiger partial charge in [-0.05, 0) is 56.6 Å². The highest BCUT2D eigenvalue weighted by Crippen LogP contribution is 2.36. The second kappa shape index (κ2) is 7.94. The van der Waals surface area contributed by atoms with Crippen LogP contribution >= 0.6 is 0 Å². The molecule has 1 aromatic heterocycles. The van der Waals surface area contributed by atoms with Crippen molar-refractivity contribution in [1.29, 1.82) is 0 Å². The Hall–Kier alpha value is -2.37. The number of aryl methyl sites for hydroxylation is 1. The van der Waals surface area contributed by atoms with Crippen LogP contribution in [0.25, 0.3) is 10.9 Å². The highest BCUT2D eigenvalue weighted by atomic mass is 16.2. The second-order valence-corrected chi connectivity index (χ2v) is 8.29. The van der Waals surface area contributed by atoms with Gasteiger partial charge in [-0.1, -0.05) is 25.5 Å². The first-order valence-corrected chi connectivity index (χ1v) is 10.6. The fourth-order valence-electron chi connectivity index (χ4n) is 4.69. The Morgan fingerprint density at radius 2 is 1.71 bits per heavy atom. The molecule has 2 aliphatic rings. The van der Waals surface area contributed by atoms with Crippen LogP contribution < -0.4 is 11.2 Å². The molecule has 1 amide bonds. The summed E-state index contributed by atoms with van der Waals surface area (Å²) in [6.45, 7) is 2.55. The lowest BCUT2D eigenvalue weighted by molar-refractivity contribution is -0.135. The van der Waals surface area contributed by atoms with Gasteiger partial charge in [-0.2, -0.15) is 0 Å². The highest BCUT2D eigenvalue weighted by Gasteiger charge is 2.38. The number of aromatic nitrogens is 2. The molecule has 2 fully saturated rings. The van der Waals surface area contributed by atoms with Gasteiger partial charge in [0.2, 0.25) is 5.91 Å². The minimum atomic E-state index is -0.446. The standard InChI is InChI=1S/C22H29N3O3/c1-2-15-7-9-16(10-8-15)25(17-11-12-17)20(26)13-14-24-19-6-4-3-5-18(19)21(27)23-22(24)28/h3-6,15-17H,2,7-14H2,1H3,(H,23,27,28). The molecule has 0 aliphatic heterocycles. The number of nitrogens with one attached hydrogen (secondary N) is 1. The number of carbonyl (C=O) groups excluding carboxylic acids is 1. The lowest BCUT2D eigenvalue weighted by Crippen LogP contribution is -2.44. The molecular weight excluding hydrogens is 354 g/mol. The van der Waals surface area contributed by atoms with Crippen LogP contribution in [0, 0.1) is 5.92 Å². The van der Waals surface area contributed by atoms with E-state index in [4.69, 9.17) is 0 Å². The molecule has 2 aromatic rings. The number of hydrogen-bond acceptors (Lipinski definition) is 3. The molecule has 6 nitrogen and oxygen atoms in total. The molecular formula is C22H29N3O3. The molecule has 6 heteroatoms. The van der Waals surface area contributed by atoms with Crippen molar-refractivity contribution < 1.29 is 4.79 Å². The van der Waals surface area contributed by atoms with Crippen molar-refractivity contribution in [2.24, 2.45) is 5.92 Å². The fourth-order valence-corrected chi connectivity index (χ4v) is 4.69. The molecule has 1 N–H and O–H groups in total. The van der Waals surface area contributed by atoms with E-state index in [1.54, 1.807) is 18.2 Å². The summed E-state index contributed by atoms with van der Waals surface area (Å²) in [4.78, 5) is 41.9. The van der Waals surface area contributed by atoms with Crippen LogP contribution in [0.3, 0.4) is 0 Å². The van der Waals surface area contributed by atoms with E-state index >= 15 is 0 Å². The SMILES string of the molecule is CCC1CCC(N(C(=O)CCn2c(=O)[nH]c(=O)c3ccccc32)C2CC2)CC1. The number of hydrogen-bond donors (Lipinski definition) is 1. The Bertz CT molecular complexity index is 965. The first kappa shape index (κ1) is 19.0. The number of fused-ring (bicyclic) bond motifs is 1. The highest BCUT2D eigenvalue weighted by molar-refractivity contribution is 5.79. The summed E-state index contributed by atoms with van der Waals surface area (Å²) in [5.41, 5.74) is -0.237. The van der Waals surface area contributed by atoms with Gasteiger partial charge in [0.15, 0.2) is 0 Å². The fraction of sp³-hybridized carbons (Fsp3) is 0.591. The van der Waals surface area contributed by atoms with Crippen molar-refractivity contribution >= 4 is 16.8 Å². The van der Waals surface area contributed by atoms with Gasteiger partial charge < -0.3 is 4.90 Å². The lowest BCUT2D eigenvalue weighted by atomic mass is 9.83. The van der Waals surface area contributed by atoms with Crippen molar-refractivity contribution in [3.8, 4) is 0 Å². The molecule has 0 bridgehead atoms. The lowest BCUT2D eigenvalue weighted by Gasteiger charge is -2.37. The summed E-state index contributed by atoms with van der Waals surface area (Å²) in [6.07, 6.45) is 8.34. The maximum absolute atomic E-state index is 13.1. The molecule has 0 radical (unpaired) electrons. The van der Waals surface area contributed by atoms with E-state index in [1.165, 1.54) is 23.8 Å². The summed E-state index contributed by atoms with van der Waals surface area (Å²) in [7, 11) is 0. The molecule has 2 saturated carbocycles. The van der Waals surface area contributed by atoms with Crippen molar-refractivity contribution in [3.63, 3.8) is 0 Å². The molecule has 0 atom stereocenters. The topological polar surface area (TPSA) is 75.2 Å². The molecule has 2 aliphatic carbocycles. The Morgan fingerprint density at radius 3 is 2.36 bits per heavy atom. The van der Waals surface area contributed by atoms with E-state index in [1.807, 2.05) is 6.07 Å². The normalized spacial score (nSPS) is 22.3. The molecule has 1 heterocycles. The van der Waals surface area contributed by atoms with Crippen LogP contribution in [0.2, 0.25) is 0 Å². The van der Waals surface area contributed by atoms with Crippen LogP contribution in [0.1, 0.15) is 58.3 Å². The summed E-state index contributed by atoms with van der Waals surface area (Å²) in [5, 5.41) is 0.478. The third kappa shape index (κ3) is 3.77. The van der Waals surface area contributed by atoms with E-state index in [-0.39, 0.29) is 11.5 Å². The zero-order chi connectivity index (χ0) is 19.7. The van der Waals surface area contributed by atoms with Crippen molar-refractivity contribution in [3.05, 3.63) is 45.1 Å². The predicted octanol–water partition coefficient (Wildman–Crippen LogP) is 3.04. The van der Waals surface area contributed by atoms with E-state index < -0.39 is 5.69 Å². The Morgan fingerprint density at radius 1 is 1.07 bits per heavy atom. The molecule has 150 valence electrons. The number of benzene rings is 1. The molecule has 28 heavy (non-hydrogen) atoms. The van der Waals surface area contributed by atoms with Crippen LogP contribution in [-0.2, 0) is 11.3 Å². The quantitative estimate of drug-likeness (QED) is 0.833. The number of aromatic amines is 1. The summed E-state index contributed by atoms with van der Waals surface area (Å²) < 4.78 is 1.52. The van der Waals surface area contributed by atoms with Crippen molar-refractivity contribution in [2.45, 2.75) is 76.9 Å². The van der Waals surface area contributed by atoms with Gasteiger partial charge in [0, 0.05) is 25.0 Å². The minimum Gasteiger partial charge on any atom is -0.337 e. The van der Waals surface area contributed by atoms with Gasteiger partial charge in [0.25, 0.3) is 5.56 Å². The number of H-pyrrole nitrogens is 1. The maximum Gasteiger partial charge on any atom is 0.328 e. The first-order chi connectivity index (χ1) is 13.6. The summed E-state index contributed by atoms with van der Waals surface area (Å²) in [6, 6.07) is 7.79. The Kier molecular flexibility index (Phi) is 5.38. The van der Waals surface area contributed by atoms with Gasteiger partial charge in [-0.25, -0.2) is 4.79 Å². The molecule has 1 aromatic carbocycles. The van der Waals surface area contributed by atoms with Gasteiger partial charge in [0.05, 0.1) is 10.9 Å². The Labute approximate surface area is 164 Å². The van der Waals surface area contributed by atoms with Gasteiger partial charge >= 0.3 is 5.69 Å². The van der Waals surface area contributed by atoms with E-state index in [2.05, 4.69) is 16.8 Å². The molecule has 0 saturated heterocycles. The second-order valence-electron chi connectivity index (χ2n) is 8.29. The largest absolute Gasteiger partial charge is 0.337 e. The monoisotopic (exact) mass is 383 g/mol.